The second kappa shape index (κ2) is 9.61. The van der Waals surface area contributed by atoms with Crippen LogP contribution in [0.15, 0.2) is 60.7 Å². The van der Waals surface area contributed by atoms with Crippen molar-refractivity contribution >= 4 is 40.9 Å². The summed E-state index contributed by atoms with van der Waals surface area (Å²) in [5, 5.41) is 0.431. The van der Waals surface area contributed by atoms with Gasteiger partial charge in [-0.3, -0.25) is 14.4 Å². The summed E-state index contributed by atoms with van der Waals surface area (Å²) in [5.74, 6) is -2.16. The smallest absolute Gasteiger partial charge is 0.338 e. The minimum absolute atomic E-state index is 0. The van der Waals surface area contributed by atoms with Crippen LogP contribution in [0.4, 0.5) is 5.69 Å². The summed E-state index contributed by atoms with van der Waals surface area (Å²) >= 11 is 6.15. The molecule has 0 spiro atoms. The lowest BCUT2D eigenvalue weighted by Crippen LogP contribution is -2.29. The van der Waals surface area contributed by atoms with Crippen molar-refractivity contribution in [3.63, 3.8) is 0 Å². The average Bonchev–Trinajstić information content (AvgIpc) is 3.05. The van der Waals surface area contributed by atoms with E-state index in [1.807, 2.05) is 13.8 Å². The van der Waals surface area contributed by atoms with Crippen LogP contribution in [0.25, 0.3) is 0 Å². The van der Waals surface area contributed by atoms with Crippen molar-refractivity contribution in [3.05, 3.63) is 99.1 Å². The number of hydrogen-bond donors (Lipinski definition) is 0. The van der Waals surface area contributed by atoms with Crippen LogP contribution in [-0.2, 0) is 4.74 Å². The first-order chi connectivity index (χ1) is 15.7. The zero-order valence-electron chi connectivity index (χ0n) is 18.2. The SMILES string of the molecule is C.Cc1ccc(C(=O)C(C)OC(=O)c2ccc3c(c2)C(=O)N(c2ccc(C)c(Cl)c2)C3=O)cc1. The molecule has 0 aliphatic carbocycles. The highest BCUT2D eigenvalue weighted by Crippen LogP contribution is 2.31. The lowest BCUT2D eigenvalue weighted by Gasteiger charge is -2.14. The Hall–Kier alpha value is -3.77. The van der Waals surface area contributed by atoms with E-state index in [1.165, 1.54) is 25.1 Å². The number of anilines is 1. The number of imide groups is 1. The Labute approximate surface area is 203 Å². The van der Waals surface area contributed by atoms with Gasteiger partial charge in [-0.2, -0.15) is 0 Å². The van der Waals surface area contributed by atoms with Gasteiger partial charge >= 0.3 is 5.97 Å². The molecule has 1 unspecified atom stereocenters. The summed E-state index contributed by atoms with van der Waals surface area (Å²) in [5.41, 5.74) is 2.94. The normalized spacial score (nSPS) is 13.2. The molecule has 6 nitrogen and oxygen atoms in total. The molecule has 174 valence electrons. The molecule has 0 fully saturated rings. The van der Waals surface area contributed by atoms with Gasteiger partial charge < -0.3 is 4.74 Å². The van der Waals surface area contributed by atoms with Crippen LogP contribution in [0, 0.1) is 13.8 Å². The lowest BCUT2D eigenvalue weighted by atomic mass is 10.0. The number of aryl methyl sites for hydroxylation is 2. The minimum atomic E-state index is -1.02. The van der Waals surface area contributed by atoms with Crippen LogP contribution in [0.1, 0.15) is 66.9 Å². The van der Waals surface area contributed by atoms with Gasteiger partial charge in [-0.1, -0.05) is 54.9 Å². The van der Waals surface area contributed by atoms with Crippen LogP contribution in [0.5, 0.6) is 0 Å². The molecular weight excluding hydrogens is 454 g/mol. The molecule has 4 rings (SSSR count). The number of carbonyl (C=O) groups excluding carboxylic acids is 4. The van der Waals surface area contributed by atoms with Gasteiger partial charge in [-0.25, -0.2) is 9.69 Å². The Morgan fingerprint density at radius 1 is 0.853 bits per heavy atom. The largest absolute Gasteiger partial charge is 0.451 e. The number of esters is 1. The highest BCUT2D eigenvalue weighted by molar-refractivity contribution is 6.36. The number of halogens is 1. The molecule has 7 heteroatoms. The molecule has 1 aliphatic heterocycles. The predicted octanol–water partition coefficient (Wildman–Crippen LogP) is 5.82. The number of Topliss-reactive ketones (excluding diaryl/α,β-unsaturated/α-hetero) is 1. The van der Waals surface area contributed by atoms with Gasteiger partial charge in [0.1, 0.15) is 0 Å². The minimum Gasteiger partial charge on any atom is -0.451 e. The summed E-state index contributed by atoms with van der Waals surface area (Å²) in [6.07, 6.45) is -1.02. The first kappa shape index (κ1) is 24.9. The van der Waals surface area contributed by atoms with Gasteiger partial charge in [0.15, 0.2) is 6.10 Å². The Balaban J connectivity index is 0.00000324. The molecule has 3 aromatic carbocycles. The van der Waals surface area contributed by atoms with E-state index in [2.05, 4.69) is 0 Å². The van der Waals surface area contributed by atoms with E-state index in [9.17, 15) is 19.2 Å². The van der Waals surface area contributed by atoms with Crippen molar-refractivity contribution < 1.29 is 23.9 Å². The number of nitrogens with zero attached hydrogens (tertiary/aromatic N) is 1. The van der Waals surface area contributed by atoms with Crippen molar-refractivity contribution in [2.45, 2.75) is 34.3 Å². The van der Waals surface area contributed by atoms with Crippen molar-refractivity contribution in [2.75, 3.05) is 4.90 Å². The maximum atomic E-state index is 13.0. The van der Waals surface area contributed by atoms with Crippen molar-refractivity contribution in [3.8, 4) is 0 Å². The van der Waals surface area contributed by atoms with Crippen molar-refractivity contribution in [2.24, 2.45) is 0 Å². The van der Waals surface area contributed by atoms with Gasteiger partial charge in [-0.15, -0.1) is 0 Å². The topological polar surface area (TPSA) is 80.8 Å². The second-order valence-corrected chi connectivity index (χ2v) is 8.32. The van der Waals surface area contributed by atoms with Crippen molar-refractivity contribution in [1.82, 2.24) is 0 Å². The number of ether oxygens (including phenoxy) is 1. The average molecular weight is 478 g/mol. The van der Waals surface area contributed by atoms with Crippen molar-refractivity contribution in [1.29, 1.82) is 0 Å². The van der Waals surface area contributed by atoms with Gasteiger partial charge in [0.25, 0.3) is 11.8 Å². The molecule has 0 bridgehead atoms. The van der Waals surface area contributed by atoms with Crippen LogP contribution in [0.2, 0.25) is 5.02 Å². The lowest BCUT2D eigenvalue weighted by molar-refractivity contribution is 0.0318. The van der Waals surface area contributed by atoms with Crippen LogP contribution >= 0.6 is 11.6 Å². The van der Waals surface area contributed by atoms with E-state index in [1.54, 1.807) is 42.5 Å². The molecule has 0 saturated heterocycles. The predicted molar refractivity (Wildman–Crippen MR) is 131 cm³/mol. The molecule has 1 aliphatic rings. The van der Waals surface area contributed by atoms with Crippen LogP contribution < -0.4 is 4.90 Å². The molecule has 0 N–H and O–H groups in total. The third kappa shape index (κ3) is 4.50. The number of ketones is 1. The standard InChI is InChI=1S/C26H20ClNO5.CH4/c1-14-4-7-17(8-5-14)23(29)16(3)33-26(32)18-9-11-20-21(12-18)25(31)28(24(20)30)19-10-6-15(2)22(27)13-19;/h4-13,16H,1-3H3;1H4. The van der Waals surface area contributed by atoms with E-state index in [0.29, 0.717) is 16.3 Å². The van der Waals surface area contributed by atoms with Gasteiger partial charge in [0.05, 0.1) is 22.4 Å². The van der Waals surface area contributed by atoms with Crippen LogP contribution in [0.3, 0.4) is 0 Å². The highest BCUT2D eigenvalue weighted by atomic mass is 35.5. The number of benzene rings is 3. The van der Waals surface area contributed by atoms with Crippen LogP contribution in [-0.4, -0.2) is 29.7 Å². The summed E-state index contributed by atoms with van der Waals surface area (Å²) in [7, 11) is 0. The number of amides is 2. The zero-order chi connectivity index (χ0) is 23.9. The first-order valence-corrected chi connectivity index (χ1v) is 10.7. The fourth-order valence-electron chi connectivity index (χ4n) is 3.56. The Kier molecular flexibility index (Phi) is 7.03. The molecule has 34 heavy (non-hydrogen) atoms. The van der Waals surface area contributed by atoms with E-state index in [0.717, 1.165) is 16.0 Å². The second-order valence-electron chi connectivity index (χ2n) is 7.92. The quantitative estimate of drug-likeness (QED) is 0.262. The maximum Gasteiger partial charge on any atom is 0.338 e. The summed E-state index contributed by atoms with van der Waals surface area (Å²) in [6, 6.07) is 16.0. The third-order valence-electron chi connectivity index (χ3n) is 5.53. The number of rotatable bonds is 5. The van der Waals surface area contributed by atoms with E-state index < -0.39 is 23.9 Å². The number of fused-ring (bicyclic) bond motifs is 1. The summed E-state index contributed by atoms with van der Waals surface area (Å²) in [6.45, 7) is 5.22. The maximum absolute atomic E-state index is 13.0. The van der Waals surface area contributed by atoms with E-state index in [4.69, 9.17) is 16.3 Å². The summed E-state index contributed by atoms with van der Waals surface area (Å²) in [4.78, 5) is 52.1. The molecule has 2 amide bonds. The number of carbonyl (C=O) groups is 4. The Morgan fingerprint density at radius 2 is 1.47 bits per heavy atom. The molecule has 0 aromatic heterocycles. The molecule has 0 radical (unpaired) electrons. The fraction of sp³-hybridized carbons (Fsp3) is 0.185. The fourth-order valence-corrected chi connectivity index (χ4v) is 3.73. The third-order valence-corrected chi connectivity index (χ3v) is 5.93. The van der Waals surface area contributed by atoms with Gasteiger partial charge in [-0.05, 0) is 56.7 Å². The molecule has 1 atom stereocenters. The molecule has 0 saturated carbocycles. The Bertz CT molecular complexity index is 1310. The number of hydrogen-bond acceptors (Lipinski definition) is 5. The summed E-state index contributed by atoms with van der Waals surface area (Å²) < 4.78 is 5.33. The van der Waals surface area contributed by atoms with Gasteiger partial charge in [0.2, 0.25) is 5.78 Å². The van der Waals surface area contributed by atoms with Gasteiger partial charge in [0, 0.05) is 10.6 Å². The molecule has 3 aromatic rings. The Morgan fingerprint density at radius 3 is 2.12 bits per heavy atom. The zero-order valence-corrected chi connectivity index (χ0v) is 19.0. The molecule has 1 heterocycles. The van der Waals surface area contributed by atoms with E-state index in [-0.39, 0.29) is 29.9 Å². The molecular formula is C27H24ClNO5. The highest BCUT2D eigenvalue weighted by Gasteiger charge is 2.37. The first-order valence-electron chi connectivity index (χ1n) is 10.3. The monoisotopic (exact) mass is 477 g/mol. The van der Waals surface area contributed by atoms with E-state index >= 15 is 0 Å².